The van der Waals surface area contributed by atoms with Crippen LogP contribution in [-0.4, -0.2) is 24.6 Å². The highest BCUT2D eigenvalue weighted by Gasteiger charge is 2.35. The molecule has 1 fully saturated rings. The van der Waals surface area contributed by atoms with Crippen LogP contribution < -0.4 is 0 Å². The van der Waals surface area contributed by atoms with Crippen LogP contribution in [0.1, 0.15) is 39.0 Å². The summed E-state index contributed by atoms with van der Waals surface area (Å²) in [6, 6.07) is 0. The van der Waals surface area contributed by atoms with Gasteiger partial charge >= 0.3 is 5.97 Å². The number of esters is 1. The van der Waals surface area contributed by atoms with Crippen molar-refractivity contribution in [2.75, 3.05) is 7.11 Å². The van der Waals surface area contributed by atoms with E-state index in [1.807, 2.05) is 0 Å². The standard InChI is InChI=1S/C12H18O4/c1-8(13)7-10(12(15)16-2)11(14)9-5-3-4-6-9/h9-10H,3-7H2,1-2H3. The molecule has 16 heavy (non-hydrogen) atoms. The van der Waals surface area contributed by atoms with E-state index in [0.29, 0.717) is 0 Å². The summed E-state index contributed by atoms with van der Waals surface area (Å²) in [6.07, 6.45) is 3.71. The van der Waals surface area contributed by atoms with E-state index < -0.39 is 11.9 Å². The summed E-state index contributed by atoms with van der Waals surface area (Å²) < 4.78 is 4.58. The number of carbonyl (C=O) groups excluding carboxylic acids is 3. The normalized spacial score (nSPS) is 18.1. The van der Waals surface area contributed by atoms with E-state index in [9.17, 15) is 14.4 Å². The summed E-state index contributed by atoms with van der Waals surface area (Å²) in [6.45, 7) is 1.39. The molecule has 0 saturated heterocycles. The van der Waals surface area contributed by atoms with Gasteiger partial charge in [0.15, 0.2) is 5.78 Å². The van der Waals surface area contributed by atoms with E-state index in [-0.39, 0.29) is 23.9 Å². The fourth-order valence-corrected chi connectivity index (χ4v) is 2.22. The van der Waals surface area contributed by atoms with Gasteiger partial charge in [0.25, 0.3) is 0 Å². The molecular formula is C12H18O4. The van der Waals surface area contributed by atoms with E-state index in [0.717, 1.165) is 25.7 Å². The molecule has 0 bridgehead atoms. The van der Waals surface area contributed by atoms with Gasteiger partial charge in [0.05, 0.1) is 7.11 Å². The molecule has 0 radical (unpaired) electrons. The Hall–Kier alpha value is -1.19. The Morgan fingerprint density at radius 1 is 1.25 bits per heavy atom. The monoisotopic (exact) mass is 226 g/mol. The molecule has 1 aliphatic rings. The first kappa shape index (κ1) is 12.9. The first-order valence-electron chi connectivity index (χ1n) is 5.67. The lowest BCUT2D eigenvalue weighted by Gasteiger charge is -2.15. The van der Waals surface area contributed by atoms with Gasteiger partial charge in [0.1, 0.15) is 11.7 Å². The van der Waals surface area contributed by atoms with Crippen molar-refractivity contribution in [3.8, 4) is 0 Å². The number of hydrogen-bond donors (Lipinski definition) is 0. The number of rotatable bonds is 5. The first-order chi connectivity index (χ1) is 7.56. The van der Waals surface area contributed by atoms with E-state index in [1.165, 1.54) is 14.0 Å². The Labute approximate surface area is 95.3 Å². The van der Waals surface area contributed by atoms with Gasteiger partial charge in [-0.1, -0.05) is 12.8 Å². The van der Waals surface area contributed by atoms with Crippen LogP contribution in [0.25, 0.3) is 0 Å². The molecule has 1 rings (SSSR count). The number of carbonyl (C=O) groups is 3. The lowest BCUT2D eigenvalue weighted by atomic mass is 9.88. The third kappa shape index (κ3) is 3.15. The summed E-state index contributed by atoms with van der Waals surface area (Å²) >= 11 is 0. The van der Waals surface area contributed by atoms with Gasteiger partial charge in [-0.25, -0.2) is 0 Å². The van der Waals surface area contributed by atoms with Gasteiger partial charge in [-0.15, -0.1) is 0 Å². The maximum absolute atomic E-state index is 12.0. The van der Waals surface area contributed by atoms with Crippen LogP contribution in [0.5, 0.6) is 0 Å². The van der Waals surface area contributed by atoms with Crippen molar-refractivity contribution in [1.82, 2.24) is 0 Å². The van der Waals surface area contributed by atoms with Crippen molar-refractivity contribution in [1.29, 1.82) is 0 Å². The highest BCUT2D eigenvalue weighted by atomic mass is 16.5. The van der Waals surface area contributed by atoms with Crippen LogP contribution in [0.3, 0.4) is 0 Å². The minimum atomic E-state index is -0.884. The predicted molar refractivity (Wildman–Crippen MR) is 57.8 cm³/mol. The molecule has 0 N–H and O–H groups in total. The molecule has 4 nitrogen and oxygen atoms in total. The molecule has 0 heterocycles. The third-order valence-corrected chi connectivity index (χ3v) is 3.08. The van der Waals surface area contributed by atoms with Crippen molar-refractivity contribution < 1.29 is 19.1 Å². The van der Waals surface area contributed by atoms with Gasteiger partial charge in [-0.2, -0.15) is 0 Å². The molecule has 0 aromatic rings. The zero-order valence-corrected chi connectivity index (χ0v) is 9.82. The van der Waals surface area contributed by atoms with Gasteiger partial charge in [-0.05, 0) is 19.8 Å². The highest BCUT2D eigenvalue weighted by Crippen LogP contribution is 2.29. The number of ketones is 2. The zero-order valence-electron chi connectivity index (χ0n) is 9.82. The molecular weight excluding hydrogens is 208 g/mol. The molecule has 1 saturated carbocycles. The number of methoxy groups -OCH3 is 1. The number of hydrogen-bond acceptors (Lipinski definition) is 4. The fourth-order valence-electron chi connectivity index (χ4n) is 2.22. The second-order valence-electron chi connectivity index (χ2n) is 4.37. The van der Waals surface area contributed by atoms with Crippen molar-refractivity contribution in [3.63, 3.8) is 0 Å². The van der Waals surface area contributed by atoms with E-state index in [2.05, 4.69) is 4.74 Å². The topological polar surface area (TPSA) is 60.4 Å². The summed E-state index contributed by atoms with van der Waals surface area (Å²) in [5.74, 6) is -1.78. The van der Waals surface area contributed by atoms with Gasteiger partial charge < -0.3 is 4.74 Å². The van der Waals surface area contributed by atoms with Crippen molar-refractivity contribution in [2.24, 2.45) is 11.8 Å². The van der Waals surface area contributed by atoms with Gasteiger partial charge in [-0.3, -0.25) is 14.4 Å². The largest absolute Gasteiger partial charge is 0.468 e. The minimum Gasteiger partial charge on any atom is -0.468 e. The number of ether oxygens (including phenoxy) is 1. The van der Waals surface area contributed by atoms with Gasteiger partial charge in [0.2, 0.25) is 0 Å². The Bertz CT molecular complexity index is 289. The molecule has 0 aromatic carbocycles. The second-order valence-corrected chi connectivity index (χ2v) is 4.37. The molecule has 0 spiro atoms. The Morgan fingerprint density at radius 2 is 1.81 bits per heavy atom. The van der Waals surface area contributed by atoms with E-state index in [4.69, 9.17) is 0 Å². The smallest absolute Gasteiger partial charge is 0.316 e. The third-order valence-electron chi connectivity index (χ3n) is 3.08. The zero-order chi connectivity index (χ0) is 12.1. The van der Waals surface area contributed by atoms with Crippen LogP contribution in [0.4, 0.5) is 0 Å². The van der Waals surface area contributed by atoms with Gasteiger partial charge in [0, 0.05) is 12.3 Å². The predicted octanol–water partition coefficient (Wildman–Crippen LogP) is 1.51. The van der Waals surface area contributed by atoms with Crippen LogP contribution in [0.15, 0.2) is 0 Å². The fraction of sp³-hybridized carbons (Fsp3) is 0.750. The maximum atomic E-state index is 12.0. The second kappa shape index (κ2) is 5.77. The molecule has 1 aliphatic carbocycles. The molecule has 0 amide bonds. The molecule has 0 aliphatic heterocycles. The van der Waals surface area contributed by atoms with Crippen molar-refractivity contribution in [2.45, 2.75) is 39.0 Å². The van der Waals surface area contributed by atoms with Crippen LogP contribution in [0, 0.1) is 11.8 Å². The minimum absolute atomic E-state index is 0.0258. The summed E-state index contributed by atoms with van der Waals surface area (Å²) in [4.78, 5) is 34.5. The number of Topliss-reactive ketones (excluding diaryl/α,β-unsaturated/α-hetero) is 2. The van der Waals surface area contributed by atoms with Crippen LogP contribution >= 0.6 is 0 Å². The molecule has 0 aromatic heterocycles. The van der Waals surface area contributed by atoms with Crippen molar-refractivity contribution >= 4 is 17.5 Å². The Morgan fingerprint density at radius 3 is 2.25 bits per heavy atom. The van der Waals surface area contributed by atoms with Crippen LogP contribution in [0.2, 0.25) is 0 Å². The summed E-state index contributed by atoms with van der Waals surface area (Å²) in [5.41, 5.74) is 0. The molecule has 1 atom stereocenters. The van der Waals surface area contributed by atoms with Crippen LogP contribution in [-0.2, 0) is 19.1 Å². The lowest BCUT2D eigenvalue weighted by Crippen LogP contribution is -2.31. The van der Waals surface area contributed by atoms with E-state index in [1.54, 1.807) is 0 Å². The quantitative estimate of drug-likeness (QED) is 0.526. The average molecular weight is 226 g/mol. The van der Waals surface area contributed by atoms with Crippen molar-refractivity contribution in [3.05, 3.63) is 0 Å². The highest BCUT2D eigenvalue weighted by molar-refractivity contribution is 6.03. The Kier molecular flexibility index (Phi) is 4.65. The molecule has 4 heteroatoms. The van der Waals surface area contributed by atoms with E-state index >= 15 is 0 Å². The average Bonchev–Trinajstić information content (AvgIpc) is 2.77. The lowest BCUT2D eigenvalue weighted by molar-refractivity contribution is -0.152. The SMILES string of the molecule is COC(=O)C(CC(C)=O)C(=O)C1CCCC1. The first-order valence-corrected chi connectivity index (χ1v) is 5.67. The maximum Gasteiger partial charge on any atom is 0.316 e. The molecule has 1 unspecified atom stereocenters. The molecule has 90 valence electrons. The summed E-state index contributed by atoms with van der Waals surface area (Å²) in [7, 11) is 1.25. The summed E-state index contributed by atoms with van der Waals surface area (Å²) in [5, 5.41) is 0. The Balaban J connectivity index is 2.70.